The molecular weight excluding hydrogens is 268 g/mol. The van der Waals surface area contributed by atoms with Crippen LogP contribution in [-0.4, -0.2) is 26.1 Å². The van der Waals surface area contributed by atoms with Crippen molar-refractivity contribution in [2.75, 3.05) is 6.61 Å². The van der Waals surface area contributed by atoms with Crippen molar-refractivity contribution in [1.29, 1.82) is 0 Å². The Labute approximate surface area is 102 Å². The van der Waals surface area contributed by atoms with Gasteiger partial charge >= 0.3 is 5.97 Å². The van der Waals surface area contributed by atoms with E-state index in [4.69, 9.17) is 20.5 Å². The van der Waals surface area contributed by atoms with Crippen molar-refractivity contribution in [3.63, 3.8) is 0 Å². The van der Waals surface area contributed by atoms with E-state index in [-0.39, 0.29) is 16.2 Å². The van der Waals surface area contributed by atoms with Gasteiger partial charge in [-0.1, -0.05) is 0 Å². The van der Waals surface area contributed by atoms with Crippen LogP contribution in [0.2, 0.25) is 0 Å². The van der Waals surface area contributed by atoms with Crippen LogP contribution in [0.25, 0.3) is 0 Å². The molecule has 1 aliphatic heterocycles. The molecule has 1 heterocycles. The first-order valence-electron chi connectivity index (χ1n) is 4.87. The number of fused-ring (bicyclic) bond motifs is 1. The van der Waals surface area contributed by atoms with Gasteiger partial charge in [0.2, 0.25) is 0 Å². The first kappa shape index (κ1) is 12.2. The maximum atomic E-state index is 11.4. The summed E-state index contributed by atoms with van der Waals surface area (Å²) in [7, 11) is 1.26. The highest BCUT2D eigenvalue weighted by molar-refractivity contribution is 8.13. The number of ether oxygens (including phenoxy) is 1. The van der Waals surface area contributed by atoms with E-state index in [9.17, 15) is 13.2 Å². The highest BCUT2D eigenvalue weighted by atomic mass is 35.7. The van der Waals surface area contributed by atoms with Crippen molar-refractivity contribution in [2.24, 2.45) is 0 Å². The Morgan fingerprint density at radius 2 is 2.12 bits per heavy atom. The van der Waals surface area contributed by atoms with E-state index in [1.807, 2.05) is 0 Å². The highest BCUT2D eigenvalue weighted by Crippen LogP contribution is 2.35. The van der Waals surface area contributed by atoms with Crippen molar-refractivity contribution < 1.29 is 23.1 Å². The molecule has 0 amide bonds. The molecular formula is C10H9ClO5S. The lowest BCUT2D eigenvalue weighted by atomic mass is 10.0. The number of aromatic carboxylic acids is 1. The molecule has 0 bridgehead atoms. The van der Waals surface area contributed by atoms with Gasteiger partial charge in [0.25, 0.3) is 9.05 Å². The normalized spacial score (nSPS) is 14.9. The predicted molar refractivity (Wildman–Crippen MR) is 60.3 cm³/mol. The molecule has 0 saturated heterocycles. The minimum absolute atomic E-state index is 0.103. The summed E-state index contributed by atoms with van der Waals surface area (Å²) in [5.74, 6) is -1.02. The quantitative estimate of drug-likeness (QED) is 0.831. The largest absolute Gasteiger partial charge is 0.492 e. The van der Waals surface area contributed by atoms with Crippen molar-refractivity contribution in [2.45, 2.75) is 17.7 Å². The summed E-state index contributed by atoms with van der Waals surface area (Å²) < 4.78 is 28.0. The lowest BCUT2D eigenvalue weighted by Crippen LogP contribution is -2.13. The van der Waals surface area contributed by atoms with Gasteiger partial charge in [-0.2, -0.15) is 0 Å². The van der Waals surface area contributed by atoms with Crippen LogP contribution in [0.15, 0.2) is 17.0 Å². The maximum Gasteiger partial charge on any atom is 0.335 e. The number of hydrogen-bond donors (Lipinski definition) is 1. The number of carboxylic acids is 1. The summed E-state index contributed by atoms with van der Waals surface area (Å²) in [6, 6.07) is 2.44. The van der Waals surface area contributed by atoms with Gasteiger partial charge in [-0.3, -0.25) is 0 Å². The Morgan fingerprint density at radius 3 is 2.71 bits per heavy atom. The first-order valence-corrected chi connectivity index (χ1v) is 7.18. The molecule has 0 radical (unpaired) electrons. The third-order valence-corrected chi connectivity index (χ3v) is 3.81. The number of halogens is 1. The summed E-state index contributed by atoms with van der Waals surface area (Å²) in [6.45, 7) is 0.402. The number of aryl methyl sites for hydroxylation is 1. The standard InChI is InChI=1S/C10H9ClO5S/c11-17(14,15)8-5-7(10(12)13)4-6-2-1-3-16-9(6)8/h4-5H,1-3H2,(H,12,13). The second-order valence-corrected chi connectivity index (χ2v) is 6.19. The molecule has 2 rings (SSSR count). The van der Waals surface area contributed by atoms with Crippen molar-refractivity contribution in [1.82, 2.24) is 0 Å². The SMILES string of the molecule is O=C(O)c1cc2c(c(S(=O)(=O)Cl)c1)OCCC2. The Hall–Kier alpha value is -1.27. The zero-order chi connectivity index (χ0) is 12.6. The van der Waals surface area contributed by atoms with Gasteiger partial charge in [0.1, 0.15) is 10.6 Å². The van der Waals surface area contributed by atoms with E-state index in [0.717, 1.165) is 12.5 Å². The molecule has 1 aromatic rings. The Morgan fingerprint density at radius 1 is 1.41 bits per heavy atom. The first-order chi connectivity index (χ1) is 7.89. The molecule has 5 nitrogen and oxygen atoms in total. The molecule has 0 aromatic heterocycles. The minimum atomic E-state index is -4.02. The average molecular weight is 277 g/mol. The van der Waals surface area contributed by atoms with Gasteiger partial charge in [0, 0.05) is 10.7 Å². The lowest BCUT2D eigenvalue weighted by molar-refractivity contribution is 0.0696. The second kappa shape index (κ2) is 4.19. The van der Waals surface area contributed by atoms with Gasteiger partial charge in [-0.05, 0) is 30.5 Å². The summed E-state index contributed by atoms with van der Waals surface area (Å²) in [5.41, 5.74) is 0.462. The highest BCUT2D eigenvalue weighted by Gasteiger charge is 2.25. The minimum Gasteiger partial charge on any atom is -0.492 e. The number of rotatable bonds is 2. The van der Waals surface area contributed by atoms with Gasteiger partial charge in [0.05, 0.1) is 12.2 Å². The van der Waals surface area contributed by atoms with E-state index in [0.29, 0.717) is 18.6 Å². The van der Waals surface area contributed by atoms with E-state index >= 15 is 0 Å². The van der Waals surface area contributed by atoms with Crippen molar-refractivity contribution in [3.8, 4) is 5.75 Å². The fourth-order valence-corrected chi connectivity index (χ4v) is 2.77. The Balaban J connectivity index is 2.71. The Bertz CT molecular complexity index is 579. The molecule has 0 spiro atoms. The van der Waals surface area contributed by atoms with E-state index in [1.165, 1.54) is 6.07 Å². The number of carbonyl (C=O) groups is 1. The molecule has 0 saturated carbocycles. The molecule has 1 N–H and O–H groups in total. The third kappa shape index (κ3) is 2.37. The van der Waals surface area contributed by atoms with Crippen LogP contribution in [0.5, 0.6) is 5.75 Å². The predicted octanol–water partition coefficient (Wildman–Crippen LogP) is 1.64. The molecule has 0 unspecified atom stereocenters. The summed E-state index contributed by atoms with van der Waals surface area (Å²) in [4.78, 5) is 10.6. The van der Waals surface area contributed by atoms with Crippen molar-refractivity contribution >= 4 is 25.7 Å². The van der Waals surface area contributed by atoms with E-state index in [2.05, 4.69) is 0 Å². The van der Waals surface area contributed by atoms with Crippen LogP contribution in [0.4, 0.5) is 0 Å². The molecule has 17 heavy (non-hydrogen) atoms. The topological polar surface area (TPSA) is 80.7 Å². The average Bonchev–Trinajstić information content (AvgIpc) is 2.26. The summed E-state index contributed by atoms with van der Waals surface area (Å²) in [5, 5.41) is 8.90. The summed E-state index contributed by atoms with van der Waals surface area (Å²) >= 11 is 0. The molecule has 92 valence electrons. The molecule has 1 aromatic carbocycles. The molecule has 0 atom stereocenters. The zero-order valence-corrected chi connectivity index (χ0v) is 10.2. The van der Waals surface area contributed by atoms with Crippen LogP contribution in [0.1, 0.15) is 22.3 Å². The number of benzene rings is 1. The van der Waals surface area contributed by atoms with Gasteiger partial charge in [-0.15, -0.1) is 0 Å². The van der Waals surface area contributed by atoms with Gasteiger partial charge in [0.15, 0.2) is 0 Å². The number of hydrogen-bond acceptors (Lipinski definition) is 4. The van der Waals surface area contributed by atoms with Crippen LogP contribution in [0, 0.1) is 0 Å². The third-order valence-electron chi connectivity index (χ3n) is 2.48. The molecule has 0 aliphatic carbocycles. The monoisotopic (exact) mass is 276 g/mol. The van der Waals surface area contributed by atoms with Crippen LogP contribution in [-0.2, 0) is 15.5 Å². The van der Waals surface area contributed by atoms with E-state index in [1.54, 1.807) is 0 Å². The smallest absolute Gasteiger partial charge is 0.335 e. The number of carboxylic acid groups (broad SMARTS) is 1. The molecule has 0 fully saturated rings. The zero-order valence-electron chi connectivity index (χ0n) is 8.64. The Kier molecular flexibility index (Phi) is 3.01. The molecule has 1 aliphatic rings. The van der Waals surface area contributed by atoms with Crippen LogP contribution < -0.4 is 4.74 Å². The lowest BCUT2D eigenvalue weighted by Gasteiger charge is -2.19. The van der Waals surface area contributed by atoms with Crippen LogP contribution in [0.3, 0.4) is 0 Å². The second-order valence-electron chi connectivity index (χ2n) is 3.66. The fraction of sp³-hybridized carbons (Fsp3) is 0.300. The van der Waals surface area contributed by atoms with E-state index < -0.39 is 15.0 Å². The van der Waals surface area contributed by atoms with Crippen LogP contribution >= 0.6 is 10.7 Å². The fourth-order valence-electron chi connectivity index (χ4n) is 1.75. The summed E-state index contributed by atoms with van der Waals surface area (Å²) in [6.07, 6.45) is 1.30. The van der Waals surface area contributed by atoms with Crippen molar-refractivity contribution in [3.05, 3.63) is 23.3 Å². The van der Waals surface area contributed by atoms with Gasteiger partial charge in [-0.25, -0.2) is 13.2 Å². The molecule has 7 heteroatoms. The van der Waals surface area contributed by atoms with Gasteiger partial charge < -0.3 is 9.84 Å². The maximum absolute atomic E-state index is 11.4.